The number of aromatic amines is 2. The van der Waals surface area contributed by atoms with E-state index in [0.29, 0.717) is 6.04 Å². The van der Waals surface area contributed by atoms with Gasteiger partial charge in [-0.2, -0.15) is 0 Å². The predicted octanol–water partition coefficient (Wildman–Crippen LogP) is 6.52. The summed E-state index contributed by atoms with van der Waals surface area (Å²) in [7, 11) is 0. The third-order valence-corrected chi connectivity index (χ3v) is 8.02. The van der Waals surface area contributed by atoms with Crippen molar-refractivity contribution in [2.75, 3.05) is 13.1 Å². The van der Waals surface area contributed by atoms with Crippen molar-refractivity contribution in [2.24, 2.45) is 0 Å². The molecule has 2 aliphatic rings. The first kappa shape index (κ1) is 25.6. The molecule has 7 rings (SSSR count). The SMILES string of the molecule is Cl.O=c1cc(C2CCCN2)[nH]c2cc(-c3ccc(-c4ccc(-c5cnc([C@@H]6CCCN6)[nH]5)cc4)cc3)ccc12. The molecule has 198 valence electrons. The van der Waals surface area contributed by atoms with Crippen LogP contribution in [-0.4, -0.2) is 28.0 Å². The Bertz CT molecular complexity index is 1640. The molecule has 1 unspecified atom stereocenters. The molecule has 6 nitrogen and oxygen atoms in total. The maximum Gasteiger partial charge on any atom is 0.189 e. The Morgan fingerprint density at radius 1 is 0.667 bits per heavy atom. The minimum absolute atomic E-state index is 0. The number of hydrogen-bond acceptors (Lipinski definition) is 4. The van der Waals surface area contributed by atoms with Crippen LogP contribution in [0.4, 0.5) is 0 Å². The number of nitrogens with zero attached hydrogens (tertiary/aromatic N) is 1. The van der Waals surface area contributed by atoms with Gasteiger partial charge in [-0.15, -0.1) is 12.4 Å². The molecule has 0 amide bonds. The number of hydrogen-bond donors (Lipinski definition) is 4. The molecule has 2 saturated heterocycles. The molecule has 4 N–H and O–H groups in total. The van der Waals surface area contributed by atoms with Crippen LogP contribution in [-0.2, 0) is 0 Å². The van der Waals surface area contributed by atoms with Gasteiger partial charge in [0, 0.05) is 23.2 Å². The highest BCUT2D eigenvalue weighted by molar-refractivity contribution is 5.85. The molecule has 2 fully saturated rings. The fourth-order valence-electron chi connectivity index (χ4n) is 5.87. The Morgan fingerprint density at radius 3 is 1.90 bits per heavy atom. The Labute approximate surface area is 233 Å². The highest BCUT2D eigenvalue weighted by Crippen LogP contribution is 2.30. The fourth-order valence-corrected chi connectivity index (χ4v) is 5.87. The third-order valence-electron chi connectivity index (χ3n) is 8.02. The standard InChI is InChI=1S/C32H31N5O.ClH/c38-31-18-29(26-3-1-15-33-26)36-28-17-24(13-14-25(28)31)22-7-5-20(6-8-22)21-9-11-23(12-10-21)30-19-35-32(37-30)27-4-2-16-34-27;/h5-14,17-19,26-27,33-34H,1-4,15-16H2,(H,35,37)(H,36,38);1H/t26?,27-;/m0./s1. The maximum atomic E-state index is 12.7. The zero-order valence-electron chi connectivity index (χ0n) is 21.7. The minimum atomic E-state index is 0. The van der Waals surface area contributed by atoms with Gasteiger partial charge in [-0.3, -0.25) is 4.79 Å². The number of halogens is 1. The topological polar surface area (TPSA) is 85.6 Å². The number of aromatic nitrogens is 3. The summed E-state index contributed by atoms with van der Waals surface area (Å²) in [6.45, 7) is 2.07. The zero-order chi connectivity index (χ0) is 25.5. The summed E-state index contributed by atoms with van der Waals surface area (Å²) in [5.74, 6) is 1.03. The first-order valence-electron chi connectivity index (χ1n) is 13.6. The van der Waals surface area contributed by atoms with Crippen molar-refractivity contribution in [1.82, 2.24) is 25.6 Å². The number of H-pyrrole nitrogens is 2. The number of rotatable bonds is 5. The monoisotopic (exact) mass is 537 g/mol. The Balaban J connectivity index is 0.00000277. The number of fused-ring (bicyclic) bond motifs is 1. The van der Waals surface area contributed by atoms with E-state index in [1.165, 1.54) is 17.5 Å². The summed E-state index contributed by atoms with van der Waals surface area (Å²) in [4.78, 5) is 24.3. The summed E-state index contributed by atoms with van der Waals surface area (Å²) >= 11 is 0. The quantitative estimate of drug-likeness (QED) is 0.205. The van der Waals surface area contributed by atoms with Gasteiger partial charge in [0.25, 0.3) is 0 Å². The van der Waals surface area contributed by atoms with Crippen LogP contribution in [0.25, 0.3) is 44.4 Å². The van der Waals surface area contributed by atoms with Crippen LogP contribution in [0.1, 0.15) is 49.3 Å². The first-order chi connectivity index (χ1) is 18.7. The van der Waals surface area contributed by atoms with Gasteiger partial charge in [0.2, 0.25) is 0 Å². The van der Waals surface area contributed by atoms with E-state index in [4.69, 9.17) is 0 Å². The highest BCUT2D eigenvalue weighted by atomic mass is 35.5. The second-order valence-electron chi connectivity index (χ2n) is 10.5. The predicted molar refractivity (Wildman–Crippen MR) is 160 cm³/mol. The lowest BCUT2D eigenvalue weighted by atomic mass is 9.98. The molecular formula is C32H32ClN5O. The smallest absolute Gasteiger partial charge is 0.189 e. The lowest BCUT2D eigenvalue weighted by molar-refractivity contribution is 0.613. The van der Waals surface area contributed by atoms with Crippen LogP contribution < -0.4 is 16.1 Å². The van der Waals surface area contributed by atoms with Gasteiger partial charge >= 0.3 is 0 Å². The van der Waals surface area contributed by atoms with Crippen LogP contribution in [0, 0.1) is 0 Å². The number of pyridine rings is 1. The second kappa shape index (κ2) is 10.8. The van der Waals surface area contributed by atoms with E-state index in [-0.39, 0.29) is 23.9 Å². The molecule has 7 heteroatoms. The van der Waals surface area contributed by atoms with Crippen LogP contribution in [0.2, 0.25) is 0 Å². The summed E-state index contributed by atoms with van der Waals surface area (Å²) in [5.41, 5.74) is 8.71. The molecule has 0 radical (unpaired) electrons. The summed E-state index contributed by atoms with van der Waals surface area (Å²) in [6.07, 6.45) is 6.47. The van der Waals surface area contributed by atoms with Crippen molar-refractivity contribution in [1.29, 1.82) is 0 Å². The van der Waals surface area contributed by atoms with E-state index in [0.717, 1.165) is 77.2 Å². The lowest BCUT2D eigenvalue weighted by Gasteiger charge is -2.12. The number of benzene rings is 3. The number of nitrogens with one attached hydrogen (secondary N) is 4. The third kappa shape index (κ3) is 5.03. The van der Waals surface area contributed by atoms with Gasteiger partial charge in [0.1, 0.15) is 5.82 Å². The first-order valence-corrected chi connectivity index (χ1v) is 13.6. The molecule has 39 heavy (non-hydrogen) atoms. The van der Waals surface area contributed by atoms with Crippen LogP contribution in [0.15, 0.2) is 83.8 Å². The Morgan fingerprint density at radius 2 is 1.26 bits per heavy atom. The molecule has 4 heterocycles. The molecule has 0 aliphatic carbocycles. The van der Waals surface area contributed by atoms with Crippen molar-refractivity contribution in [2.45, 2.75) is 37.8 Å². The Kier molecular flexibility index (Phi) is 7.09. The highest BCUT2D eigenvalue weighted by Gasteiger charge is 2.20. The van der Waals surface area contributed by atoms with E-state index >= 15 is 0 Å². The molecule has 2 aliphatic heterocycles. The van der Waals surface area contributed by atoms with E-state index in [1.54, 1.807) is 6.07 Å². The number of imidazole rings is 1. The van der Waals surface area contributed by atoms with Crippen LogP contribution in [0.3, 0.4) is 0 Å². The lowest BCUT2D eigenvalue weighted by Crippen LogP contribution is -2.17. The van der Waals surface area contributed by atoms with Crippen molar-refractivity contribution >= 4 is 23.3 Å². The molecular weight excluding hydrogens is 506 g/mol. The van der Waals surface area contributed by atoms with E-state index in [1.807, 2.05) is 18.3 Å². The average Bonchev–Trinajstić information content (AvgIpc) is 3.76. The normalized spacial score (nSPS) is 18.9. The van der Waals surface area contributed by atoms with Gasteiger partial charge in [-0.25, -0.2) is 4.98 Å². The molecule has 5 aromatic rings. The van der Waals surface area contributed by atoms with Crippen LogP contribution >= 0.6 is 12.4 Å². The van der Waals surface area contributed by atoms with E-state index in [9.17, 15) is 4.79 Å². The molecule has 2 atom stereocenters. The van der Waals surface area contributed by atoms with Gasteiger partial charge in [0.15, 0.2) is 5.43 Å². The average molecular weight is 538 g/mol. The molecule has 0 saturated carbocycles. The maximum absolute atomic E-state index is 12.7. The van der Waals surface area contributed by atoms with Crippen LogP contribution in [0.5, 0.6) is 0 Å². The second-order valence-corrected chi connectivity index (χ2v) is 10.5. The Hall–Kier alpha value is -3.71. The van der Waals surface area contributed by atoms with Crippen molar-refractivity contribution in [3.63, 3.8) is 0 Å². The van der Waals surface area contributed by atoms with Crippen molar-refractivity contribution < 1.29 is 0 Å². The molecule has 0 spiro atoms. The van der Waals surface area contributed by atoms with E-state index < -0.39 is 0 Å². The summed E-state index contributed by atoms with van der Waals surface area (Å²) < 4.78 is 0. The van der Waals surface area contributed by atoms with Crippen molar-refractivity contribution in [3.05, 3.63) is 101 Å². The largest absolute Gasteiger partial charge is 0.357 e. The van der Waals surface area contributed by atoms with Gasteiger partial charge in [-0.05, 0) is 78.7 Å². The van der Waals surface area contributed by atoms with Gasteiger partial charge in [-0.1, -0.05) is 54.6 Å². The molecule has 2 aromatic heterocycles. The summed E-state index contributed by atoms with van der Waals surface area (Å²) in [5, 5.41) is 7.71. The minimum Gasteiger partial charge on any atom is -0.357 e. The molecule has 0 bridgehead atoms. The van der Waals surface area contributed by atoms with Gasteiger partial charge < -0.3 is 20.6 Å². The van der Waals surface area contributed by atoms with Gasteiger partial charge in [0.05, 0.1) is 23.4 Å². The van der Waals surface area contributed by atoms with E-state index in [2.05, 4.69) is 80.2 Å². The fraction of sp³-hybridized carbons (Fsp3) is 0.250. The van der Waals surface area contributed by atoms with Crippen molar-refractivity contribution in [3.8, 4) is 33.5 Å². The molecule has 3 aromatic carbocycles. The summed E-state index contributed by atoms with van der Waals surface area (Å²) in [6, 6.07) is 25.7. The zero-order valence-corrected chi connectivity index (χ0v) is 22.5.